The van der Waals surface area contributed by atoms with Gasteiger partial charge in [-0.15, -0.1) is 10.2 Å². The van der Waals surface area contributed by atoms with Crippen molar-refractivity contribution in [2.45, 2.75) is 31.2 Å². The maximum absolute atomic E-state index is 9.27. The standard InChI is InChI=1S/C18H21N7O/c1-2-12-8-24(18(4-5-19)10-26-11-18)9-13(12)17-23-22-15-7-21-16-14(25(15)17)3-6-20-16/h3,6-7,12-13,20H,2,4,8-11H2,1H3/t12-,13+/m1/s1. The van der Waals surface area contributed by atoms with E-state index in [1.165, 1.54) is 0 Å². The third-order valence-corrected chi connectivity index (χ3v) is 6.08. The van der Waals surface area contributed by atoms with E-state index < -0.39 is 0 Å². The molecule has 0 radical (unpaired) electrons. The van der Waals surface area contributed by atoms with Crippen LogP contribution in [-0.2, 0) is 4.74 Å². The number of aromatic amines is 1. The van der Waals surface area contributed by atoms with E-state index in [1.807, 2.05) is 12.3 Å². The summed E-state index contributed by atoms with van der Waals surface area (Å²) in [7, 11) is 0. The number of nitriles is 1. The van der Waals surface area contributed by atoms with Gasteiger partial charge in [0.25, 0.3) is 0 Å². The van der Waals surface area contributed by atoms with Gasteiger partial charge in [0.05, 0.1) is 43.0 Å². The number of likely N-dealkylation sites (tertiary alicyclic amines) is 1. The van der Waals surface area contributed by atoms with Crippen LogP contribution in [-0.4, -0.2) is 61.3 Å². The molecule has 0 aromatic carbocycles. The highest BCUT2D eigenvalue weighted by atomic mass is 16.5. The summed E-state index contributed by atoms with van der Waals surface area (Å²) in [6, 6.07) is 4.37. The van der Waals surface area contributed by atoms with Gasteiger partial charge in [-0.05, 0) is 12.0 Å². The van der Waals surface area contributed by atoms with Crippen LogP contribution in [0, 0.1) is 17.2 Å². The summed E-state index contributed by atoms with van der Waals surface area (Å²) in [5.41, 5.74) is 2.51. The van der Waals surface area contributed by atoms with Crippen LogP contribution in [0.5, 0.6) is 0 Å². The molecule has 0 aliphatic carbocycles. The zero-order chi connectivity index (χ0) is 17.7. The molecule has 0 amide bonds. The fraction of sp³-hybridized carbons (Fsp3) is 0.556. The van der Waals surface area contributed by atoms with E-state index in [0.717, 1.165) is 42.1 Å². The Morgan fingerprint density at radius 3 is 3.00 bits per heavy atom. The predicted molar refractivity (Wildman–Crippen MR) is 94.5 cm³/mol. The molecule has 3 aromatic rings. The molecule has 0 spiro atoms. The zero-order valence-corrected chi connectivity index (χ0v) is 14.7. The second kappa shape index (κ2) is 5.76. The van der Waals surface area contributed by atoms with E-state index in [0.29, 0.717) is 25.6 Å². The van der Waals surface area contributed by atoms with Crippen molar-refractivity contribution in [2.24, 2.45) is 5.92 Å². The molecule has 8 heteroatoms. The number of nitrogens with zero attached hydrogens (tertiary/aromatic N) is 6. The summed E-state index contributed by atoms with van der Waals surface area (Å²) < 4.78 is 7.61. The number of nitrogens with one attached hydrogen (secondary N) is 1. The minimum absolute atomic E-state index is 0.123. The largest absolute Gasteiger partial charge is 0.377 e. The second-order valence-electron chi connectivity index (χ2n) is 7.45. The first kappa shape index (κ1) is 15.7. The number of hydrogen-bond acceptors (Lipinski definition) is 6. The lowest BCUT2D eigenvalue weighted by molar-refractivity contribution is -0.132. The average molecular weight is 351 g/mol. The molecule has 26 heavy (non-hydrogen) atoms. The highest BCUT2D eigenvalue weighted by Crippen LogP contribution is 2.41. The molecule has 8 nitrogen and oxygen atoms in total. The summed E-state index contributed by atoms with van der Waals surface area (Å²) in [6.07, 6.45) is 5.25. The van der Waals surface area contributed by atoms with Gasteiger partial charge in [0.2, 0.25) is 0 Å². The molecule has 134 valence electrons. The van der Waals surface area contributed by atoms with Crippen molar-refractivity contribution in [3.05, 3.63) is 24.3 Å². The minimum Gasteiger partial charge on any atom is -0.377 e. The summed E-state index contributed by atoms with van der Waals surface area (Å²) in [5.74, 6) is 1.76. The van der Waals surface area contributed by atoms with Gasteiger partial charge in [-0.3, -0.25) is 9.30 Å². The van der Waals surface area contributed by atoms with Gasteiger partial charge in [0.1, 0.15) is 5.82 Å². The molecule has 0 bridgehead atoms. The molecule has 3 aromatic heterocycles. The number of rotatable bonds is 4. The van der Waals surface area contributed by atoms with Gasteiger partial charge in [-0.2, -0.15) is 5.26 Å². The minimum atomic E-state index is -0.123. The SMILES string of the molecule is CC[C@@H]1CN(C2(CC#N)COC2)C[C@@H]1c1nnc2cnc3[nH]ccc3n12. The fourth-order valence-corrected chi connectivity index (χ4v) is 4.48. The van der Waals surface area contributed by atoms with Crippen LogP contribution in [0.1, 0.15) is 31.5 Å². The smallest absolute Gasteiger partial charge is 0.179 e. The van der Waals surface area contributed by atoms with Crippen LogP contribution in [0.4, 0.5) is 0 Å². The molecule has 0 saturated carbocycles. The first-order chi connectivity index (χ1) is 12.8. The van der Waals surface area contributed by atoms with Crippen LogP contribution < -0.4 is 0 Å². The molecule has 2 fully saturated rings. The van der Waals surface area contributed by atoms with Gasteiger partial charge in [-0.25, -0.2) is 4.98 Å². The Hall–Kier alpha value is -2.50. The number of aromatic nitrogens is 5. The van der Waals surface area contributed by atoms with Gasteiger partial charge in [0, 0.05) is 25.2 Å². The van der Waals surface area contributed by atoms with Crippen LogP contribution >= 0.6 is 0 Å². The Labute approximate surface area is 150 Å². The number of H-pyrrole nitrogens is 1. The molecule has 2 atom stereocenters. The molecule has 5 rings (SSSR count). The lowest BCUT2D eigenvalue weighted by Gasteiger charge is -2.47. The van der Waals surface area contributed by atoms with E-state index >= 15 is 0 Å². The van der Waals surface area contributed by atoms with E-state index in [-0.39, 0.29) is 11.5 Å². The maximum Gasteiger partial charge on any atom is 0.179 e. The molecule has 2 aliphatic heterocycles. The molecule has 5 heterocycles. The molecule has 2 aliphatic rings. The molecule has 0 unspecified atom stereocenters. The van der Waals surface area contributed by atoms with Crippen LogP contribution in [0.3, 0.4) is 0 Å². The average Bonchev–Trinajstić information content (AvgIpc) is 3.32. The third-order valence-electron chi connectivity index (χ3n) is 6.08. The predicted octanol–water partition coefficient (Wildman–Crippen LogP) is 1.71. The van der Waals surface area contributed by atoms with Crippen molar-refractivity contribution >= 4 is 16.8 Å². The molecular formula is C18H21N7O. The van der Waals surface area contributed by atoms with E-state index in [9.17, 15) is 5.26 Å². The lowest BCUT2D eigenvalue weighted by atomic mass is 9.91. The molecular weight excluding hydrogens is 330 g/mol. The van der Waals surface area contributed by atoms with Crippen molar-refractivity contribution in [3.8, 4) is 6.07 Å². The monoisotopic (exact) mass is 351 g/mol. The molecule has 2 saturated heterocycles. The van der Waals surface area contributed by atoms with Crippen molar-refractivity contribution in [1.29, 1.82) is 5.26 Å². The number of fused-ring (bicyclic) bond motifs is 3. The Kier molecular flexibility index (Phi) is 3.48. The van der Waals surface area contributed by atoms with Crippen LogP contribution in [0.15, 0.2) is 18.5 Å². The van der Waals surface area contributed by atoms with Crippen molar-refractivity contribution in [2.75, 3.05) is 26.3 Å². The highest BCUT2D eigenvalue weighted by molar-refractivity contribution is 5.74. The van der Waals surface area contributed by atoms with Crippen LogP contribution in [0.2, 0.25) is 0 Å². The van der Waals surface area contributed by atoms with Crippen molar-refractivity contribution in [1.82, 2.24) is 29.5 Å². The topological polar surface area (TPSA) is 95.1 Å². The van der Waals surface area contributed by atoms with E-state index in [4.69, 9.17) is 4.74 Å². The Balaban J connectivity index is 1.56. The van der Waals surface area contributed by atoms with Gasteiger partial charge >= 0.3 is 0 Å². The fourth-order valence-electron chi connectivity index (χ4n) is 4.48. The summed E-state index contributed by atoms with van der Waals surface area (Å²) >= 11 is 0. The first-order valence-corrected chi connectivity index (χ1v) is 9.12. The number of ether oxygens (including phenoxy) is 1. The molecule has 1 N–H and O–H groups in total. The van der Waals surface area contributed by atoms with E-state index in [2.05, 4.69) is 42.5 Å². The second-order valence-corrected chi connectivity index (χ2v) is 7.45. The summed E-state index contributed by atoms with van der Waals surface area (Å²) in [6.45, 7) is 5.39. The van der Waals surface area contributed by atoms with E-state index in [1.54, 1.807) is 6.20 Å². The Morgan fingerprint density at radius 2 is 2.27 bits per heavy atom. The van der Waals surface area contributed by atoms with Gasteiger partial charge in [0.15, 0.2) is 11.3 Å². The highest BCUT2D eigenvalue weighted by Gasteiger charge is 2.49. The Morgan fingerprint density at radius 1 is 1.38 bits per heavy atom. The first-order valence-electron chi connectivity index (χ1n) is 9.12. The summed E-state index contributed by atoms with van der Waals surface area (Å²) in [4.78, 5) is 10.0. The van der Waals surface area contributed by atoms with Crippen molar-refractivity contribution < 1.29 is 4.74 Å². The lowest BCUT2D eigenvalue weighted by Crippen LogP contribution is -2.61. The summed E-state index contributed by atoms with van der Waals surface area (Å²) in [5, 5.41) is 18.2. The Bertz CT molecular complexity index is 996. The maximum atomic E-state index is 9.27. The van der Waals surface area contributed by atoms with Gasteiger partial charge in [-0.1, -0.05) is 13.3 Å². The zero-order valence-electron chi connectivity index (χ0n) is 14.7. The van der Waals surface area contributed by atoms with Crippen molar-refractivity contribution in [3.63, 3.8) is 0 Å². The third kappa shape index (κ3) is 2.11. The number of hydrogen-bond donors (Lipinski definition) is 1. The van der Waals surface area contributed by atoms with Crippen LogP contribution in [0.25, 0.3) is 16.8 Å². The van der Waals surface area contributed by atoms with Gasteiger partial charge < -0.3 is 9.72 Å². The quantitative estimate of drug-likeness (QED) is 0.769. The normalized spacial score (nSPS) is 25.5.